The van der Waals surface area contributed by atoms with Crippen LogP contribution in [0.25, 0.3) is 0 Å². The molecule has 1 aromatic rings. The van der Waals surface area contributed by atoms with Gasteiger partial charge in [-0.25, -0.2) is 14.7 Å². The molecule has 0 saturated heterocycles. The van der Waals surface area contributed by atoms with E-state index in [-0.39, 0.29) is 19.1 Å². The molecule has 0 spiro atoms. The van der Waals surface area contributed by atoms with E-state index < -0.39 is 13.0 Å². The first-order chi connectivity index (χ1) is 7.22. The lowest BCUT2D eigenvalue weighted by molar-refractivity contribution is 0.0182. The molecule has 0 aromatic carbocycles. The summed E-state index contributed by atoms with van der Waals surface area (Å²) in [5.74, 6) is 5.40. The highest BCUT2D eigenvalue weighted by atomic mass is 19.3. The summed E-state index contributed by atoms with van der Waals surface area (Å²) in [4.78, 5) is 8.14. The highest BCUT2D eigenvalue weighted by molar-refractivity contribution is 4.84. The Morgan fingerprint density at radius 3 is 2.93 bits per heavy atom. The molecule has 0 aliphatic carbocycles. The third-order valence-electron chi connectivity index (χ3n) is 1.43. The van der Waals surface area contributed by atoms with E-state index in [2.05, 4.69) is 19.7 Å². The van der Waals surface area contributed by atoms with Crippen LogP contribution in [0.4, 0.5) is 8.78 Å². The molecular formula is C7H11F2N3O3. The van der Waals surface area contributed by atoms with Crippen molar-refractivity contribution in [3.05, 3.63) is 11.7 Å². The zero-order valence-electron chi connectivity index (χ0n) is 7.86. The zero-order chi connectivity index (χ0) is 11.1. The summed E-state index contributed by atoms with van der Waals surface area (Å²) in [6, 6.07) is 0. The molecule has 1 rings (SSSR count). The Kier molecular flexibility index (Phi) is 5.08. The van der Waals surface area contributed by atoms with E-state index in [0.29, 0.717) is 12.2 Å². The van der Waals surface area contributed by atoms with Crippen molar-refractivity contribution >= 4 is 0 Å². The van der Waals surface area contributed by atoms with Crippen LogP contribution in [0.1, 0.15) is 11.7 Å². The van der Waals surface area contributed by atoms with Crippen molar-refractivity contribution in [2.45, 2.75) is 19.5 Å². The van der Waals surface area contributed by atoms with Gasteiger partial charge in [-0.05, 0) is 0 Å². The molecule has 86 valence electrons. The van der Waals surface area contributed by atoms with Crippen molar-refractivity contribution in [2.75, 3.05) is 13.2 Å². The van der Waals surface area contributed by atoms with Crippen LogP contribution in [-0.2, 0) is 22.6 Å². The van der Waals surface area contributed by atoms with E-state index in [4.69, 9.17) is 10.4 Å². The second-order valence-electron chi connectivity index (χ2n) is 2.63. The quantitative estimate of drug-likeness (QED) is 0.528. The van der Waals surface area contributed by atoms with E-state index in [9.17, 15) is 8.78 Å². The van der Waals surface area contributed by atoms with Crippen molar-refractivity contribution in [2.24, 2.45) is 5.90 Å². The van der Waals surface area contributed by atoms with E-state index in [1.165, 1.54) is 0 Å². The minimum absolute atomic E-state index is 0.0187. The number of hydrogen-bond acceptors (Lipinski definition) is 6. The van der Waals surface area contributed by atoms with Gasteiger partial charge in [0.05, 0.1) is 6.61 Å². The smallest absolute Gasteiger partial charge is 0.261 e. The molecule has 0 unspecified atom stereocenters. The average molecular weight is 223 g/mol. The van der Waals surface area contributed by atoms with Crippen molar-refractivity contribution in [1.82, 2.24) is 10.1 Å². The summed E-state index contributed by atoms with van der Waals surface area (Å²) in [7, 11) is 0. The highest BCUT2D eigenvalue weighted by Gasteiger charge is 2.07. The van der Waals surface area contributed by atoms with Crippen molar-refractivity contribution in [3.8, 4) is 0 Å². The minimum Gasteiger partial charge on any atom is -0.375 e. The molecule has 0 atom stereocenters. The second-order valence-corrected chi connectivity index (χ2v) is 2.63. The van der Waals surface area contributed by atoms with Gasteiger partial charge in [-0.2, -0.15) is 4.98 Å². The Morgan fingerprint density at radius 2 is 2.27 bits per heavy atom. The first-order valence-electron chi connectivity index (χ1n) is 4.21. The molecule has 0 aliphatic heterocycles. The number of hydrogen-bond donors (Lipinski definition) is 1. The van der Waals surface area contributed by atoms with Crippen LogP contribution in [0, 0.1) is 0 Å². The van der Waals surface area contributed by atoms with Crippen LogP contribution in [0.5, 0.6) is 0 Å². The maximum Gasteiger partial charge on any atom is 0.261 e. The first kappa shape index (κ1) is 12.0. The lowest BCUT2D eigenvalue weighted by atomic mass is 10.4. The lowest BCUT2D eigenvalue weighted by Crippen LogP contribution is -2.07. The number of ether oxygens (including phenoxy) is 1. The molecule has 0 radical (unpaired) electrons. The van der Waals surface area contributed by atoms with Crippen molar-refractivity contribution in [3.63, 3.8) is 0 Å². The summed E-state index contributed by atoms with van der Waals surface area (Å²) < 4.78 is 32.7. The van der Waals surface area contributed by atoms with Crippen LogP contribution in [0.15, 0.2) is 4.52 Å². The Labute approximate surface area is 84.3 Å². The number of aromatic nitrogens is 2. The number of nitrogens with zero attached hydrogens (tertiary/aromatic N) is 2. The van der Waals surface area contributed by atoms with Gasteiger partial charge >= 0.3 is 0 Å². The molecule has 0 amide bonds. The molecule has 0 saturated carbocycles. The second kappa shape index (κ2) is 6.38. The third kappa shape index (κ3) is 4.77. The standard InChI is InChI=1S/C7H11F2N3O3/c8-5(9)3-13-2-1-6-11-7(4-14-10)15-12-6/h5H,1-4,10H2. The van der Waals surface area contributed by atoms with Gasteiger partial charge in [0.1, 0.15) is 13.2 Å². The molecule has 0 fully saturated rings. The Morgan fingerprint density at radius 1 is 1.47 bits per heavy atom. The maximum absolute atomic E-state index is 11.7. The Hall–Kier alpha value is -1.12. The molecule has 6 nitrogen and oxygen atoms in total. The molecule has 15 heavy (non-hydrogen) atoms. The van der Waals surface area contributed by atoms with Gasteiger partial charge in [0.2, 0.25) is 0 Å². The summed E-state index contributed by atoms with van der Waals surface area (Å²) >= 11 is 0. The fraction of sp³-hybridized carbons (Fsp3) is 0.714. The molecule has 0 bridgehead atoms. The summed E-state index contributed by atoms with van der Waals surface area (Å²) in [6.07, 6.45) is -2.16. The van der Waals surface area contributed by atoms with E-state index in [1.807, 2.05) is 0 Å². The normalized spacial score (nSPS) is 11.2. The third-order valence-corrected chi connectivity index (χ3v) is 1.43. The molecule has 0 aliphatic rings. The van der Waals surface area contributed by atoms with Crippen LogP contribution < -0.4 is 5.90 Å². The molecule has 1 aromatic heterocycles. The number of alkyl halides is 2. The summed E-state index contributed by atoms with van der Waals surface area (Å²) in [5, 5.41) is 3.56. The fourth-order valence-corrected chi connectivity index (χ4v) is 0.857. The number of rotatable bonds is 7. The van der Waals surface area contributed by atoms with Gasteiger partial charge in [0.25, 0.3) is 12.3 Å². The van der Waals surface area contributed by atoms with Gasteiger partial charge in [0, 0.05) is 6.42 Å². The van der Waals surface area contributed by atoms with Crippen LogP contribution in [0.2, 0.25) is 0 Å². The van der Waals surface area contributed by atoms with Crippen molar-refractivity contribution < 1.29 is 22.9 Å². The van der Waals surface area contributed by atoms with Crippen LogP contribution in [-0.4, -0.2) is 29.8 Å². The Bertz CT molecular complexity index is 282. The average Bonchev–Trinajstić information content (AvgIpc) is 2.61. The first-order valence-corrected chi connectivity index (χ1v) is 4.21. The van der Waals surface area contributed by atoms with Gasteiger partial charge in [-0.3, -0.25) is 4.84 Å². The largest absolute Gasteiger partial charge is 0.375 e. The summed E-state index contributed by atoms with van der Waals surface area (Å²) in [6.45, 7) is -0.450. The number of nitrogens with two attached hydrogens (primary N) is 1. The molecule has 8 heteroatoms. The lowest BCUT2D eigenvalue weighted by Gasteiger charge is -1.99. The van der Waals surface area contributed by atoms with Gasteiger partial charge < -0.3 is 9.26 Å². The predicted molar refractivity (Wildman–Crippen MR) is 43.8 cm³/mol. The maximum atomic E-state index is 11.7. The molecular weight excluding hydrogens is 212 g/mol. The topological polar surface area (TPSA) is 83.4 Å². The monoisotopic (exact) mass is 223 g/mol. The van der Waals surface area contributed by atoms with E-state index >= 15 is 0 Å². The minimum atomic E-state index is -2.46. The predicted octanol–water partition coefficient (Wildman–Crippen LogP) is 0.284. The Balaban J connectivity index is 2.19. The zero-order valence-corrected chi connectivity index (χ0v) is 7.86. The molecule has 2 N–H and O–H groups in total. The molecule has 1 heterocycles. The number of halogens is 2. The highest BCUT2D eigenvalue weighted by Crippen LogP contribution is 2.00. The van der Waals surface area contributed by atoms with Crippen LogP contribution >= 0.6 is 0 Å². The van der Waals surface area contributed by atoms with Crippen LogP contribution in [0.3, 0.4) is 0 Å². The van der Waals surface area contributed by atoms with Gasteiger partial charge in [-0.15, -0.1) is 0 Å². The van der Waals surface area contributed by atoms with Gasteiger partial charge in [0.15, 0.2) is 5.82 Å². The van der Waals surface area contributed by atoms with Crippen molar-refractivity contribution in [1.29, 1.82) is 0 Å². The van der Waals surface area contributed by atoms with E-state index in [1.54, 1.807) is 0 Å². The van der Waals surface area contributed by atoms with E-state index in [0.717, 1.165) is 0 Å². The summed E-state index contributed by atoms with van der Waals surface area (Å²) in [5.41, 5.74) is 0. The SMILES string of the molecule is NOCc1nc(CCOCC(F)F)no1. The van der Waals surface area contributed by atoms with Gasteiger partial charge in [-0.1, -0.05) is 5.16 Å². The fourth-order valence-electron chi connectivity index (χ4n) is 0.857.